The van der Waals surface area contributed by atoms with Gasteiger partial charge in [-0.3, -0.25) is 4.79 Å². The molecule has 4 heterocycles. The van der Waals surface area contributed by atoms with Crippen LogP contribution in [0.4, 0.5) is 5.82 Å². The number of nitrogens with one attached hydrogen (secondary N) is 3. The van der Waals surface area contributed by atoms with Gasteiger partial charge in [-0.2, -0.15) is 4.40 Å². The summed E-state index contributed by atoms with van der Waals surface area (Å²) in [6, 6.07) is 5.38. The lowest BCUT2D eigenvalue weighted by molar-refractivity contribution is -0.319. The van der Waals surface area contributed by atoms with Gasteiger partial charge < -0.3 is 15.4 Å². The summed E-state index contributed by atoms with van der Waals surface area (Å²) in [4.78, 5) is 33.5. The number of H-pyrrole nitrogens is 1. The maximum atomic E-state index is 13.0. The molecule has 0 saturated carbocycles. The Bertz CT molecular complexity index is 1100. The van der Waals surface area contributed by atoms with Crippen molar-refractivity contribution in [1.82, 2.24) is 14.7 Å². The number of rotatable bonds is 5. The Morgan fingerprint density at radius 3 is 3.04 bits per heavy atom. The molecule has 1 fully saturated rings. The summed E-state index contributed by atoms with van der Waals surface area (Å²) in [5.74, 6) is 0.182. The average molecular weight is 382 g/mol. The fourth-order valence-electron chi connectivity index (χ4n) is 3.48. The van der Waals surface area contributed by atoms with E-state index in [0.717, 1.165) is 25.0 Å². The number of nitrogens with zero attached hydrogens (tertiary/aromatic N) is 2. The Hall–Kier alpha value is -3.00. The van der Waals surface area contributed by atoms with Gasteiger partial charge in [0.1, 0.15) is 10.9 Å². The van der Waals surface area contributed by atoms with Gasteiger partial charge in [0, 0.05) is 25.8 Å². The van der Waals surface area contributed by atoms with Gasteiger partial charge in [0.05, 0.1) is 12.3 Å². The molecule has 1 atom stereocenters. The summed E-state index contributed by atoms with van der Waals surface area (Å²) < 4.78 is 7.10. The van der Waals surface area contributed by atoms with Crippen LogP contribution in [0.25, 0.3) is 16.7 Å². The Morgan fingerprint density at radius 1 is 1.43 bits per heavy atom. The van der Waals surface area contributed by atoms with Gasteiger partial charge in [0.25, 0.3) is 11.6 Å². The lowest BCUT2D eigenvalue weighted by Crippen LogP contribution is -2.33. The summed E-state index contributed by atoms with van der Waals surface area (Å²) in [6.45, 7) is 5.65. The molecule has 3 N–H and O–H groups in total. The minimum absolute atomic E-state index is 0.0471. The molecule has 1 aliphatic heterocycles. The summed E-state index contributed by atoms with van der Waals surface area (Å²) >= 11 is 0. The maximum absolute atomic E-state index is 13.0. The number of ether oxygens (including phenoxy) is 1. The zero-order valence-corrected chi connectivity index (χ0v) is 16.0. The van der Waals surface area contributed by atoms with Crippen molar-refractivity contribution in [3.63, 3.8) is 0 Å². The molecule has 0 radical (unpaired) electrons. The number of hydrogen-bond donors (Lipinski definition) is 2. The molecule has 1 saturated heterocycles. The summed E-state index contributed by atoms with van der Waals surface area (Å²) in [6.07, 6.45) is 3.77. The molecule has 8 heteroatoms. The standard InChI is InChI=1S/C20H23N5O3/c1-3-21-17-14(19(26)22-10-13-5-4-8-28-13)9-15-18(24-17)23-16-7-6-12(2)11-25(16)20(15)27/h6-7,9,11,13H,3-5,8,10H2,1-2H3,(H,21,24)(H,22,26)/p+1/t13-/m1/s1. The minimum Gasteiger partial charge on any atom is -0.376 e. The number of hydrogen-bond acceptors (Lipinski definition) is 5. The first-order chi connectivity index (χ1) is 13.6. The summed E-state index contributed by atoms with van der Waals surface area (Å²) in [5, 5.41) is 6.40. The second-order valence-corrected chi connectivity index (χ2v) is 7.05. The van der Waals surface area contributed by atoms with Crippen molar-refractivity contribution in [2.75, 3.05) is 25.0 Å². The molecule has 0 unspecified atom stereocenters. The number of aryl methyl sites for hydroxylation is 1. The first-order valence-electron chi connectivity index (χ1n) is 9.59. The van der Waals surface area contributed by atoms with E-state index in [-0.39, 0.29) is 17.6 Å². The van der Waals surface area contributed by atoms with E-state index < -0.39 is 0 Å². The van der Waals surface area contributed by atoms with Crippen LogP contribution in [-0.4, -0.2) is 41.1 Å². The fraction of sp³-hybridized carbons (Fsp3) is 0.400. The van der Waals surface area contributed by atoms with E-state index in [9.17, 15) is 9.59 Å². The first kappa shape index (κ1) is 18.4. The molecule has 0 aliphatic carbocycles. The van der Waals surface area contributed by atoms with Crippen LogP contribution >= 0.6 is 0 Å². The van der Waals surface area contributed by atoms with Crippen LogP contribution < -0.4 is 21.2 Å². The zero-order valence-electron chi connectivity index (χ0n) is 16.0. The summed E-state index contributed by atoms with van der Waals surface area (Å²) in [7, 11) is 0. The van der Waals surface area contributed by atoms with E-state index in [1.54, 1.807) is 16.7 Å². The molecule has 28 heavy (non-hydrogen) atoms. The van der Waals surface area contributed by atoms with Crippen molar-refractivity contribution in [3.05, 3.63) is 45.9 Å². The van der Waals surface area contributed by atoms with Crippen molar-refractivity contribution in [2.45, 2.75) is 32.8 Å². The van der Waals surface area contributed by atoms with Gasteiger partial charge in [-0.25, -0.2) is 9.78 Å². The Labute approximate surface area is 161 Å². The highest BCUT2D eigenvalue weighted by Gasteiger charge is 2.23. The second kappa shape index (κ2) is 7.55. The van der Waals surface area contributed by atoms with Gasteiger partial charge in [0.2, 0.25) is 11.5 Å². The number of fused-ring (bicyclic) bond motifs is 2. The number of carbonyl (C=O) groups is 1. The largest absolute Gasteiger partial charge is 0.376 e. The molecule has 0 bridgehead atoms. The summed E-state index contributed by atoms with van der Waals surface area (Å²) in [5.41, 5.74) is 2.20. The van der Waals surface area contributed by atoms with E-state index in [4.69, 9.17) is 4.74 Å². The second-order valence-electron chi connectivity index (χ2n) is 7.05. The van der Waals surface area contributed by atoms with E-state index in [0.29, 0.717) is 41.2 Å². The number of aromatic nitrogens is 3. The lowest BCUT2D eigenvalue weighted by atomic mass is 10.1. The van der Waals surface area contributed by atoms with Crippen LogP contribution in [-0.2, 0) is 4.74 Å². The number of carbonyl (C=O) groups excluding carboxylic acids is 1. The maximum Gasteiger partial charge on any atom is 0.325 e. The van der Waals surface area contributed by atoms with E-state index >= 15 is 0 Å². The van der Waals surface area contributed by atoms with Crippen molar-refractivity contribution >= 4 is 28.4 Å². The molecular weight excluding hydrogens is 358 g/mol. The fourth-order valence-corrected chi connectivity index (χ4v) is 3.48. The molecular formula is C20H24N5O3+. The van der Waals surface area contributed by atoms with E-state index in [1.165, 1.54) is 0 Å². The van der Waals surface area contributed by atoms with Crippen LogP contribution in [0.5, 0.6) is 0 Å². The normalized spacial score (nSPS) is 16.6. The SMILES string of the molecule is CCNc1nc2[nH+]c3ccc(C)cn3c(=O)c2cc1C(=O)NC[C@H]1CCCO1. The molecule has 1 aliphatic rings. The number of aromatic amines is 1. The third-order valence-corrected chi connectivity index (χ3v) is 4.92. The topological polar surface area (TPSA) is 98.9 Å². The van der Waals surface area contributed by atoms with Crippen molar-refractivity contribution in [2.24, 2.45) is 0 Å². The highest BCUT2D eigenvalue weighted by Crippen LogP contribution is 2.17. The van der Waals surface area contributed by atoms with Crippen LogP contribution in [0.1, 0.15) is 35.7 Å². The van der Waals surface area contributed by atoms with E-state index in [1.807, 2.05) is 26.0 Å². The Balaban J connectivity index is 1.78. The molecule has 0 aromatic carbocycles. The van der Waals surface area contributed by atoms with Gasteiger partial charge in [-0.05, 0) is 44.4 Å². The Kier molecular flexibility index (Phi) is 4.95. The van der Waals surface area contributed by atoms with Crippen LogP contribution in [0.2, 0.25) is 0 Å². The van der Waals surface area contributed by atoms with Crippen LogP contribution in [0.3, 0.4) is 0 Å². The lowest BCUT2D eigenvalue weighted by Gasteiger charge is -2.12. The highest BCUT2D eigenvalue weighted by molar-refractivity contribution is 6.01. The number of pyridine rings is 2. The molecule has 3 aromatic heterocycles. The number of anilines is 1. The van der Waals surface area contributed by atoms with Crippen molar-refractivity contribution < 1.29 is 14.5 Å². The van der Waals surface area contributed by atoms with Gasteiger partial charge >= 0.3 is 5.56 Å². The molecule has 8 nitrogen and oxygen atoms in total. The van der Waals surface area contributed by atoms with Crippen LogP contribution in [0.15, 0.2) is 29.2 Å². The quantitative estimate of drug-likeness (QED) is 0.649. The zero-order chi connectivity index (χ0) is 19.7. The molecule has 4 rings (SSSR count). The minimum atomic E-state index is -0.269. The average Bonchev–Trinajstić information content (AvgIpc) is 3.20. The smallest absolute Gasteiger partial charge is 0.325 e. The molecule has 1 amide bonds. The molecule has 3 aromatic rings. The van der Waals surface area contributed by atoms with Gasteiger partial charge in [0.15, 0.2) is 0 Å². The molecule has 146 valence electrons. The van der Waals surface area contributed by atoms with Crippen LogP contribution in [0, 0.1) is 6.92 Å². The monoisotopic (exact) mass is 382 g/mol. The third kappa shape index (κ3) is 3.43. The molecule has 0 spiro atoms. The third-order valence-electron chi connectivity index (χ3n) is 4.92. The van der Waals surface area contributed by atoms with Crippen molar-refractivity contribution in [3.8, 4) is 0 Å². The first-order valence-corrected chi connectivity index (χ1v) is 9.59. The van der Waals surface area contributed by atoms with Gasteiger partial charge in [-0.1, -0.05) is 4.98 Å². The van der Waals surface area contributed by atoms with Gasteiger partial charge in [-0.15, -0.1) is 0 Å². The highest BCUT2D eigenvalue weighted by atomic mass is 16.5. The predicted octanol–water partition coefficient (Wildman–Crippen LogP) is 1.31. The number of amides is 1. The Morgan fingerprint density at radius 2 is 2.29 bits per heavy atom. The predicted molar refractivity (Wildman–Crippen MR) is 106 cm³/mol. The van der Waals surface area contributed by atoms with Crippen molar-refractivity contribution in [1.29, 1.82) is 0 Å². The van der Waals surface area contributed by atoms with E-state index in [2.05, 4.69) is 20.6 Å².